The Morgan fingerprint density at radius 3 is 2.21 bits per heavy atom. The van der Waals surface area contributed by atoms with Crippen LogP contribution in [-0.4, -0.2) is 60.0 Å². The molecule has 0 aliphatic heterocycles. The third-order valence-electron chi connectivity index (χ3n) is 4.25. The average molecular weight is 338 g/mol. The second-order valence-electron chi connectivity index (χ2n) is 6.68. The van der Waals surface area contributed by atoms with Gasteiger partial charge in [0.1, 0.15) is 0 Å². The van der Waals surface area contributed by atoms with E-state index in [1.54, 1.807) is 23.9 Å². The standard InChI is InChI=1S/C19H34N2O3/c1-6-8-9-10-11-12-18(23)20(4)14-17(22)15-21(5)19(24)13-16(3)7-2/h1,16-17,22H,7-15H2,2-5H3. The minimum absolute atomic E-state index is 0.0170. The molecule has 1 N–H and O–H groups in total. The maximum atomic E-state index is 12.0. The molecule has 0 rings (SSSR count). The summed E-state index contributed by atoms with van der Waals surface area (Å²) in [4.78, 5) is 27.1. The van der Waals surface area contributed by atoms with Crippen molar-refractivity contribution in [3.05, 3.63) is 0 Å². The molecule has 0 aromatic heterocycles. The Hall–Kier alpha value is -1.54. The van der Waals surface area contributed by atoms with Gasteiger partial charge in [-0.3, -0.25) is 9.59 Å². The Bertz CT molecular complexity index is 417. The molecule has 5 nitrogen and oxygen atoms in total. The zero-order valence-electron chi connectivity index (χ0n) is 15.8. The van der Waals surface area contributed by atoms with Crippen molar-refractivity contribution in [3.8, 4) is 12.3 Å². The molecule has 2 amide bonds. The van der Waals surface area contributed by atoms with Crippen molar-refractivity contribution in [2.24, 2.45) is 5.92 Å². The number of carbonyl (C=O) groups excluding carboxylic acids is 2. The van der Waals surface area contributed by atoms with Gasteiger partial charge in [-0.15, -0.1) is 12.3 Å². The van der Waals surface area contributed by atoms with Crippen molar-refractivity contribution in [2.75, 3.05) is 27.2 Å². The van der Waals surface area contributed by atoms with E-state index in [0.717, 1.165) is 32.1 Å². The molecule has 0 aromatic carbocycles. The van der Waals surface area contributed by atoms with Gasteiger partial charge in [0.25, 0.3) is 0 Å². The van der Waals surface area contributed by atoms with Crippen LogP contribution < -0.4 is 0 Å². The summed E-state index contributed by atoms with van der Waals surface area (Å²) < 4.78 is 0. The van der Waals surface area contributed by atoms with Gasteiger partial charge in [0.05, 0.1) is 6.10 Å². The molecule has 138 valence electrons. The number of amides is 2. The van der Waals surface area contributed by atoms with E-state index >= 15 is 0 Å². The quantitative estimate of drug-likeness (QED) is 0.439. The smallest absolute Gasteiger partial charge is 0.222 e. The first-order valence-electron chi connectivity index (χ1n) is 8.91. The highest BCUT2D eigenvalue weighted by molar-refractivity contribution is 5.76. The van der Waals surface area contributed by atoms with E-state index in [2.05, 4.69) is 12.8 Å². The second kappa shape index (κ2) is 12.8. The van der Waals surface area contributed by atoms with Gasteiger partial charge in [-0.05, 0) is 18.8 Å². The SMILES string of the molecule is C#CCCCCCC(=O)N(C)CC(O)CN(C)C(=O)CC(C)CC. The fourth-order valence-electron chi connectivity index (χ4n) is 2.36. The molecule has 0 aromatic rings. The topological polar surface area (TPSA) is 60.9 Å². The van der Waals surface area contributed by atoms with Gasteiger partial charge in [0.15, 0.2) is 0 Å². The first-order valence-corrected chi connectivity index (χ1v) is 8.91. The summed E-state index contributed by atoms with van der Waals surface area (Å²) in [6.07, 6.45) is 9.83. The lowest BCUT2D eigenvalue weighted by Crippen LogP contribution is -2.42. The van der Waals surface area contributed by atoms with Crippen molar-refractivity contribution in [1.29, 1.82) is 0 Å². The second-order valence-corrected chi connectivity index (χ2v) is 6.68. The highest BCUT2D eigenvalue weighted by Gasteiger charge is 2.18. The number of likely N-dealkylation sites (N-methyl/N-ethyl adjacent to an activating group) is 2. The van der Waals surface area contributed by atoms with Crippen molar-refractivity contribution < 1.29 is 14.7 Å². The van der Waals surface area contributed by atoms with E-state index in [-0.39, 0.29) is 24.9 Å². The number of aliphatic hydroxyl groups excluding tert-OH is 1. The van der Waals surface area contributed by atoms with Crippen LogP contribution in [0.25, 0.3) is 0 Å². The zero-order chi connectivity index (χ0) is 18.5. The van der Waals surface area contributed by atoms with Crippen molar-refractivity contribution >= 4 is 11.8 Å². The molecular weight excluding hydrogens is 304 g/mol. The van der Waals surface area contributed by atoms with E-state index in [0.29, 0.717) is 18.8 Å². The number of nitrogens with zero attached hydrogens (tertiary/aromatic N) is 2. The molecule has 2 unspecified atom stereocenters. The third-order valence-corrected chi connectivity index (χ3v) is 4.25. The summed E-state index contributed by atoms with van der Waals surface area (Å²) in [6, 6.07) is 0. The average Bonchev–Trinajstić information content (AvgIpc) is 2.53. The van der Waals surface area contributed by atoms with Gasteiger partial charge in [-0.1, -0.05) is 26.7 Å². The molecule has 2 atom stereocenters. The van der Waals surface area contributed by atoms with Crippen molar-refractivity contribution in [1.82, 2.24) is 9.80 Å². The van der Waals surface area contributed by atoms with E-state index in [1.165, 1.54) is 0 Å². The van der Waals surface area contributed by atoms with E-state index in [1.807, 2.05) is 6.92 Å². The first kappa shape index (κ1) is 22.5. The molecule has 24 heavy (non-hydrogen) atoms. The van der Waals surface area contributed by atoms with Crippen molar-refractivity contribution in [3.63, 3.8) is 0 Å². The van der Waals surface area contributed by atoms with Crippen LogP contribution >= 0.6 is 0 Å². The maximum Gasteiger partial charge on any atom is 0.222 e. The Kier molecular flexibility index (Phi) is 12.0. The van der Waals surface area contributed by atoms with E-state index in [9.17, 15) is 14.7 Å². The Morgan fingerprint density at radius 1 is 1.08 bits per heavy atom. The zero-order valence-corrected chi connectivity index (χ0v) is 15.8. The monoisotopic (exact) mass is 338 g/mol. The number of hydrogen-bond acceptors (Lipinski definition) is 3. The van der Waals surface area contributed by atoms with Crippen molar-refractivity contribution in [2.45, 2.75) is 64.9 Å². The summed E-state index contributed by atoms with van der Waals surface area (Å²) >= 11 is 0. The predicted octanol–water partition coefficient (Wildman–Crippen LogP) is 2.28. The largest absolute Gasteiger partial charge is 0.389 e. The molecule has 0 aliphatic carbocycles. The summed E-state index contributed by atoms with van der Waals surface area (Å²) in [5.74, 6) is 2.98. The highest BCUT2D eigenvalue weighted by Crippen LogP contribution is 2.09. The molecule has 0 aliphatic rings. The van der Waals surface area contributed by atoms with Crippen LogP contribution in [0.2, 0.25) is 0 Å². The fourth-order valence-corrected chi connectivity index (χ4v) is 2.36. The lowest BCUT2D eigenvalue weighted by molar-refractivity contribution is -0.133. The first-order chi connectivity index (χ1) is 11.3. The molecule has 0 saturated carbocycles. The molecule has 0 saturated heterocycles. The number of unbranched alkanes of at least 4 members (excludes halogenated alkanes) is 3. The molecule has 0 spiro atoms. The van der Waals surface area contributed by atoms with Crippen LogP contribution in [-0.2, 0) is 9.59 Å². The molecule has 0 fully saturated rings. The van der Waals surface area contributed by atoms with Crippen LogP contribution in [0.3, 0.4) is 0 Å². The number of rotatable bonds is 12. The molecule has 5 heteroatoms. The van der Waals surface area contributed by atoms with Gasteiger partial charge >= 0.3 is 0 Å². The minimum Gasteiger partial charge on any atom is -0.389 e. The number of aliphatic hydroxyl groups is 1. The van der Waals surface area contributed by atoms with Crippen LogP contribution in [0.15, 0.2) is 0 Å². The van der Waals surface area contributed by atoms with Gasteiger partial charge in [0.2, 0.25) is 11.8 Å². The molecule has 0 heterocycles. The Morgan fingerprint density at radius 2 is 1.67 bits per heavy atom. The van der Waals surface area contributed by atoms with E-state index in [4.69, 9.17) is 6.42 Å². The van der Waals surface area contributed by atoms with Gasteiger partial charge in [-0.2, -0.15) is 0 Å². The van der Waals surface area contributed by atoms with Crippen LogP contribution in [0.1, 0.15) is 58.8 Å². The summed E-state index contributed by atoms with van der Waals surface area (Å²) in [7, 11) is 3.38. The predicted molar refractivity (Wildman–Crippen MR) is 97.3 cm³/mol. The summed E-state index contributed by atoms with van der Waals surface area (Å²) in [5, 5.41) is 10.1. The van der Waals surface area contributed by atoms with Gasteiger partial charge in [0, 0.05) is 46.4 Å². The maximum absolute atomic E-state index is 12.0. The number of carbonyl (C=O) groups is 2. The molecule has 0 radical (unpaired) electrons. The number of terminal acetylenes is 1. The number of hydrogen-bond donors (Lipinski definition) is 1. The fraction of sp³-hybridized carbons (Fsp3) is 0.789. The van der Waals surface area contributed by atoms with Crippen LogP contribution in [0, 0.1) is 18.3 Å². The van der Waals surface area contributed by atoms with Gasteiger partial charge < -0.3 is 14.9 Å². The summed E-state index contributed by atoms with van der Waals surface area (Å²) in [5.41, 5.74) is 0. The summed E-state index contributed by atoms with van der Waals surface area (Å²) in [6.45, 7) is 4.58. The lowest BCUT2D eigenvalue weighted by atomic mass is 10.0. The minimum atomic E-state index is -0.730. The highest BCUT2D eigenvalue weighted by atomic mass is 16.3. The Labute approximate surface area is 147 Å². The molecular formula is C19H34N2O3. The van der Waals surface area contributed by atoms with Gasteiger partial charge in [-0.25, -0.2) is 0 Å². The van der Waals surface area contributed by atoms with Crippen LogP contribution in [0.5, 0.6) is 0 Å². The Balaban J connectivity index is 4.07. The normalized spacial score (nSPS) is 13.0. The van der Waals surface area contributed by atoms with E-state index < -0.39 is 6.10 Å². The lowest BCUT2D eigenvalue weighted by Gasteiger charge is -2.25. The molecule has 0 bridgehead atoms. The third kappa shape index (κ3) is 10.3. The van der Waals surface area contributed by atoms with Crippen LogP contribution in [0.4, 0.5) is 0 Å².